The molecule has 0 aromatic carbocycles. The molecule has 0 radical (unpaired) electrons. The van der Waals surface area contributed by atoms with E-state index in [9.17, 15) is 9.59 Å². The van der Waals surface area contributed by atoms with Crippen LogP contribution in [0.1, 0.15) is 29.5 Å². The number of rotatable bonds is 4. The summed E-state index contributed by atoms with van der Waals surface area (Å²) in [5.41, 5.74) is 2.71. The van der Waals surface area contributed by atoms with Gasteiger partial charge in [0.2, 0.25) is 5.91 Å². The third-order valence-corrected chi connectivity index (χ3v) is 3.89. The molecule has 0 saturated carbocycles. The minimum absolute atomic E-state index is 0.141. The fraction of sp³-hybridized carbons (Fsp3) is 0.417. The van der Waals surface area contributed by atoms with E-state index in [4.69, 9.17) is 0 Å². The van der Waals surface area contributed by atoms with Crippen LogP contribution in [0.3, 0.4) is 0 Å². The maximum absolute atomic E-state index is 11.8. The molecule has 5 nitrogen and oxygen atoms in total. The molecule has 1 aromatic rings. The largest absolute Gasteiger partial charge is 0.346 e. The molecule has 2 heterocycles. The van der Waals surface area contributed by atoms with Crippen molar-refractivity contribution in [1.29, 1.82) is 0 Å². The van der Waals surface area contributed by atoms with Crippen LogP contribution < -0.4 is 10.7 Å². The van der Waals surface area contributed by atoms with Crippen molar-refractivity contribution in [1.82, 2.24) is 10.7 Å². The monoisotopic (exact) mass is 265 g/mol. The Morgan fingerprint density at radius 2 is 2.22 bits per heavy atom. The summed E-state index contributed by atoms with van der Waals surface area (Å²) in [5, 5.41) is 6.56. The van der Waals surface area contributed by atoms with Gasteiger partial charge in [-0.05, 0) is 18.6 Å². The number of nitrogens with zero attached hydrogens (tertiary/aromatic N) is 1. The highest BCUT2D eigenvalue weighted by atomic mass is 32.1. The molecule has 18 heavy (non-hydrogen) atoms. The van der Waals surface area contributed by atoms with E-state index in [1.54, 1.807) is 11.3 Å². The summed E-state index contributed by atoms with van der Waals surface area (Å²) in [6, 6.07) is 4.10. The number of amides is 2. The van der Waals surface area contributed by atoms with E-state index in [0.29, 0.717) is 25.1 Å². The predicted molar refractivity (Wildman–Crippen MR) is 70.4 cm³/mol. The first-order valence-corrected chi connectivity index (χ1v) is 6.72. The van der Waals surface area contributed by atoms with Gasteiger partial charge in [-0.2, -0.15) is 5.10 Å². The van der Waals surface area contributed by atoms with Crippen molar-refractivity contribution >= 4 is 28.9 Å². The maximum atomic E-state index is 11.8. The van der Waals surface area contributed by atoms with Crippen LogP contribution in [0.25, 0.3) is 0 Å². The Bertz CT molecular complexity index is 493. The molecule has 2 amide bonds. The predicted octanol–water partition coefficient (Wildman–Crippen LogP) is 1.19. The van der Waals surface area contributed by atoms with Crippen molar-refractivity contribution in [2.24, 2.45) is 5.10 Å². The van der Waals surface area contributed by atoms with Crippen LogP contribution in [0.15, 0.2) is 17.2 Å². The molecule has 0 saturated heterocycles. The minimum Gasteiger partial charge on any atom is -0.346 e. The van der Waals surface area contributed by atoms with Crippen LogP contribution in [-0.2, 0) is 22.6 Å². The minimum atomic E-state index is -0.207. The SMILES string of the molecule is CCc1ccc(CNC(=O)C2=NNC(=O)CC2)s1. The molecule has 0 aliphatic carbocycles. The second-order valence-corrected chi connectivity index (χ2v) is 5.25. The molecular weight excluding hydrogens is 250 g/mol. The highest BCUT2D eigenvalue weighted by Gasteiger charge is 2.17. The third kappa shape index (κ3) is 3.16. The molecule has 0 unspecified atom stereocenters. The quantitative estimate of drug-likeness (QED) is 0.858. The van der Waals surface area contributed by atoms with E-state index in [1.165, 1.54) is 4.88 Å². The fourth-order valence-corrected chi connectivity index (χ4v) is 2.51. The second-order valence-electron chi connectivity index (χ2n) is 4.00. The van der Waals surface area contributed by atoms with E-state index < -0.39 is 0 Å². The summed E-state index contributed by atoms with van der Waals surface area (Å²) in [7, 11) is 0. The topological polar surface area (TPSA) is 70.6 Å². The van der Waals surface area contributed by atoms with Crippen molar-refractivity contribution in [3.63, 3.8) is 0 Å². The van der Waals surface area contributed by atoms with Gasteiger partial charge in [0.25, 0.3) is 5.91 Å². The highest BCUT2D eigenvalue weighted by Crippen LogP contribution is 2.16. The van der Waals surface area contributed by atoms with Crippen molar-refractivity contribution < 1.29 is 9.59 Å². The van der Waals surface area contributed by atoms with E-state index in [-0.39, 0.29) is 11.8 Å². The van der Waals surface area contributed by atoms with E-state index in [0.717, 1.165) is 11.3 Å². The Kier molecular flexibility index (Phi) is 4.09. The van der Waals surface area contributed by atoms with Crippen LogP contribution in [0, 0.1) is 0 Å². The molecule has 6 heteroatoms. The van der Waals surface area contributed by atoms with Gasteiger partial charge in [0.15, 0.2) is 0 Å². The van der Waals surface area contributed by atoms with Crippen LogP contribution in [0.5, 0.6) is 0 Å². The number of aryl methyl sites for hydroxylation is 1. The Balaban J connectivity index is 1.86. The first kappa shape index (κ1) is 12.8. The van der Waals surface area contributed by atoms with Crippen molar-refractivity contribution in [3.8, 4) is 0 Å². The van der Waals surface area contributed by atoms with E-state index in [2.05, 4.69) is 28.8 Å². The van der Waals surface area contributed by atoms with Crippen LogP contribution in [-0.4, -0.2) is 17.5 Å². The Labute approximate surface area is 109 Å². The van der Waals surface area contributed by atoms with Gasteiger partial charge in [-0.1, -0.05) is 6.92 Å². The third-order valence-electron chi connectivity index (χ3n) is 2.66. The van der Waals surface area contributed by atoms with Gasteiger partial charge >= 0.3 is 0 Å². The number of carbonyl (C=O) groups is 2. The second kappa shape index (κ2) is 5.77. The molecule has 1 aromatic heterocycles. The van der Waals surface area contributed by atoms with E-state index in [1.807, 2.05) is 6.07 Å². The van der Waals surface area contributed by atoms with Crippen molar-refractivity contribution in [3.05, 3.63) is 21.9 Å². The summed E-state index contributed by atoms with van der Waals surface area (Å²) < 4.78 is 0. The van der Waals surface area contributed by atoms with E-state index >= 15 is 0 Å². The standard InChI is InChI=1S/C12H15N3O2S/c1-2-8-3-4-9(18-8)7-13-12(17)10-5-6-11(16)15-14-10/h3-4H,2,5-7H2,1H3,(H,13,17)(H,15,16). The molecule has 1 aliphatic rings. The number of carbonyl (C=O) groups excluding carboxylic acids is 2. The zero-order chi connectivity index (χ0) is 13.0. The van der Waals surface area contributed by atoms with Gasteiger partial charge in [0.05, 0.1) is 6.54 Å². The molecule has 0 atom stereocenters. The fourth-order valence-electron chi connectivity index (χ4n) is 1.61. The molecule has 0 bridgehead atoms. The van der Waals surface area contributed by atoms with Crippen LogP contribution in [0.2, 0.25) is 0 Å². The van der Waals surface area contributed by atoms with Gasteiger partial charge in [0, 0.05) is 22.6 Å². The molecular formula is C12H15N3O2S. The van der Waals surface area contributed by atoms with Gasteiger partial charge in [0.1, 0.15) is 5.71 Å². The zero-order valence-electron chi connectivity index (χ0n) is 10.2. The number of hydrazone groups is 1. The number of hydrogen-bond acceptors (Lipinski definition) is 4. The summed E-state index contributed by atoms with van der Waals surface area (Å²) in [5.74, 6) is -0.348. The maximum Gasteiger partial charge on any atom is 0.267 e. The first-order chi connectivity index (χ1) is 8.69. The van der Waals surface area contributed by atoms with Gasteiger partial charge in [-0.3, -0.25) is 9.59 Å². The summed E-state index contributed by atoms with van der Waals surface area (Å²) >= 11 is 1.70. The van der Waals surface area contributed by atoms with Gasteiger partial charge in [-0.25, -0.2) is 5.43 Å². The lowest BCUT2D eigenvalue weighted by Gasteiger charge is -2.11. The molecule has 96 valence electrons. The average Bonchev–Trinajstić information content (AvgIpc) is 2.85. The summed E-state index contributed by atoms with van der Waals surface area (Å²) in [6.07, 6.45) is 1.74. The molecule has 2 N–H and O–H groups in total. The summed E-state index contributed by atoms with van der Waals surface area (Å²) in [6.45, 7) is 2.62. The lowest BCUT2D eigenvalue weighted by molar-refractivity contribution is -0.121. The summed E-state index contributed by atoms with van der Waals surface area (Å²) in [4.78, 5) is 25.1. The highest BCUT2D eigenvalue weighted by molar-refractivity contribution is 7.11. The lowest BCUT2D eigenvalue weighted by atomic mass is 10.1. The molecule has 1 aliphatic heterocycles. The van der Waals surface area contributed by atoms with Crippen molar-refractivity contribution in [2.45, 2.75) is 32.7 Å². The van der Waals surface area contributed by atoms with Gasteiger partial charge in [-0.15, -0.1) is 11.3 Å². The zero-order valence-corrected chi connectivity index (χ0v) is 11.0. The average molecular weight is 265 g/mol. The van der Waals surface area contributed by atoms with Crippen LogP contribution in [0.4, 0.5) is 0 Å². The molecule has 0 fully saturated rings. The van der Waals surface area contributed by atoms with Gasteiger partial charge < -0.3 is 5.32 Å². The Hall–Kier alpha value is -1.69. The first-order valence-electron chi connectivity index (χ1n) is 5.90. The van der Waals surface area contributed by atoms with Crippen LogP contribution >= 0.6 is 11.3 Å². The van der Waals surface area contributed by atoms with Crippen molar-refractivity contribution in [2.75, 3.05) is 0 Å². The Morgan fingerprint density at radius 3 is 2.83 bits per heavy atom. The normalized spacial score (nSPS) is 14.9. The Morgan fingerprint density at radius 1 is 1.44 bits per heavy atom. The molecule has 0 spiro atoms. The smallest absolute Gasteiger partial charge is 0.267 e. The number of nitrogens with one attached hydrogen (secondary N) is 2. The number of hydrogen-bond donors (Lipinski definition) is 2. The lowest BCUT2D eigenvalue weighted by Crippen LogP contribution is -2.36. The number of thiophene rings is 1. The molecule has 2 rings (SSSR count).